The summed E-state index contributed by atoms with van der Waals surface area (Å²) in [5, 5.41) is 4.48. The Morgan fingerprint density at radius 2 is 2.05 bits per heavy atom. The van der Waals surface area contributed by atoms with Crippen molar-refractivity contribution in [2.75, 3.05) is 19.6 Å². The molecule has 1 unspecified atom stereocenters. The number of aryl methyl sites for hydroxylation is 1. The molecule has 3 aliphatic rings. The van der Waals surface area contributed by atoms with Crippen LogP contribution in [-0.4, -0.2) is 41.1 Å². The van der Waals surface area contributed by atoms with Crippen LogP contribution in [0.15, 0.2) is 30.3 Å². The van der Waals surface area contributed by atoms with Gasteiger partial charge in [-0.1, -0.05) is 18.2 Å². The third-order valence-electron chi connectivity index (χ3n) is 5.32. The summed E-state index contributed by atoms with van der Waals surface area (Å²) in [7, 11) is 0. The van der Waals surface area contributed by atoms with Crippen LogP contribution in [0.4, 0.5) is 0 Å². The first-order valence-corrected chi connectivity index (χ1v) is 8.27. The minimum absolute atomic E-state index is 0.142. The molecule has 1 aromatic heterocycles. The second-order valence-electron chi connectivity index (χ2n) is 6.74. The molecule has 1 N–H and O–H groups in total. The first-order valence-electron chi connectivity index (χ1n) is 8.27. The zero-order chi connectivity index (χ0) is 15.1. The van der Waals surface area contributed by atoms with Crippen molar-refractivity contribution in [2.45, 2.75) is 32.4 Å². The van der Waals surface area contributed by atoms with Gasteiger partial charge >= 0.3 is 0 Å². The summed E-state index contributed by atoms with van der Waals surface area (Å²) in [6.45, 7) is 5.93. The van der Waals surface area contributed by atoms with Crippen molar-refractivity contribution >= 4 is 16.8 Å². The molecule has 0 saturated carbocycles. The first-order chi connectivity index (χ1) is 10.7. The number of benzene rings is 1. The van der Waals surface area contributed by atoms with Crippen molar-refractivity contribution in [1.29, 1.82) is 0 Å². The molecule has 22 heavy (non-hydrogen) atoms. The number of para-hydroxylation sites is 1. The van der Waals surface area contributed by atoms with Gasteiger partial charge in [0.25, 0.3) is 0 Å². The Labute approximate surface area is 131 Å². The Kier molecular flexibility index (Phi) is 3.41. The van der Waals surface area contributed by atoms with Crippen LogP contribution in [0.1, 0.15) is 18.5 Å². The van der Waals surface area contributed by atoms with Gasteiger partial charge in [0.1, 0.15) is 6.54 Å². The molecule has 3 fully saturated rings. The van der Waals surface area contributed by atoms with Gasteiger partial charge in [-0.15, -0.1) is 0 Å². The van der Waals surface area contributed by atoms with Gasteiger partial charge in [0.2, 0.25) is 5.91 Å². The summed E-state index contributed by atoms with van der Waals surface area (Å²) in [5.41, 5.74) is 2.29. The van der Waals surface area contributed by atoms with Crippen LogP contribution in [0.5, 0.6) is 0 Å². The van der Waals surface area contributed by atoms with E-state index in [1.165, 1.54) is 31.3 Å². The molecule has 116 valence electrons. The lowest BCUT2D eigenvalue weighted by atomic mass is 9.84. The molecule has 1 amide bonds. The van der Waals surface area contributed by atoms with Crippen LogP contribution < -0.4 is 5.32 Å². The fourth-order valence-corrected chi connectivity index (χ4v) is 4.08. The van der Waals surface area contributed by atoms with Crippen LogP contribution in [0.25, 0.3) is 10.9 Å². The number of rotatable bonds is 3. The zero-order valence-electron chi connectivity index (χ0n) is 13.1. The number of amides is 1. The molecular formula is C18H23N3O. The average molecular weight is 297 g/mol. The molecule has 4 nitrogen and oxygen atoms in total. The highest BCUT2D eigenvalue weighted by molar-refractivity contribution is 5.84. The zero-order valence-corrected chi connectivity index (χ0v) is 13.1. The second-order valence-corrected chi connectivity index (χ2v) is 6.74. The van der Waals surface area contributed by atoms with Crippen molar-refractivity contribution in [3.63, 3.8) is 0 Å². The maximum absolute atomic E-state index is 12.5. The van der Waals surface area contributed by atoms with E-state index in [1.54, 1.807) is 0 Å². The quantitative estimate of drug-likeness (QED) is 0.942. The van der Waals surface area contributed by atoms with Gasteiger partial charge < -0.3 is 14.8 Å². The lowest BCUT2D eigenvalue weighted by Gasteiger charge is -2.44. The summed E-state index contributed by atoms with van der Waals surface area (Å²) < 4.78 is 2.12. The van der Waals surface area contributed by atoms with Crippen molar-refractivity contribution in [3.8, 4) is 0 Å². The molecule has 0 radical (unpaired) electrons. The van der Waals surface area contributed by atoms with Crippen LogP contribution in [0.3, 0.4) is 0 Å². The maximum Gasteiger partial charge on any atom is 0.240 e. The van der Waals surface area contributed by atoms with Gasteiger partial charge in [0, 0.05) is 23.8 Å². The highest BCUT2D eigenvalue weighted by Gasteiger charge is 2.34. The Morgan fingerprint density at radius 1 is 1.27 bits per heavy atom. The smallest absolute Gasteiger partial charge is 0.240 e. The van der Waals surface area contributed by atoms with E-state index in [-0.39, 0.29) is 5.91 Å². The van der Waals surface area contributed by atoms with Crippen LogP contribution >= 0.6 is 0 Å². The van der Waals surface area contributed by atoms with Crippen molar-refractivity contribution in [1.82, 2.24) is 14.8 Å². The highest BCUT2D eigenvalue weighted by atomic mass is 16.2. The van der Waals surface area contributed by atoms with Crippen molar-refractivity contribution in [2.24, 2.45) is 5.92 Å². The van der Waals surface area contributed by atoms with E-state index in [0.29, 0.717) is 18.5 Å². The lowest BCUT2D eigenvalue weighted by Crippen LogP contribution is -2.57. The molecule has 4 heterocycles. The van der Waals surface area contributed by atoms with Crippen LogP contribution in [-0.2, 0) is 11.3 Å². The van der Waals surface area contributed by atoms with Crippen molar-refractivity contribution in [3.05, 3.63) is 36.0 Å². The number of carbonyl (C=O) groups is 1. The molecule has 3 saturated heterocycles. The van der Waals surface area contributed by atoms with E-state index in [2.05, 4.69) is 39.9 Å². The third-order valence-corrected chi connectivity index (χ3v) is 5.32. The largest absolute Gasteiger partial charge is 0.350 e. The standard InChI is InChI=1S/C18H23N3O/c1-13-10-15-4-2-3-5-17(15)21(13)12-18(22)19-16-11-20-8-6-14(16)7-9-20/h2-5,10,14,16H,6-9,11-12H2,1H3,(H,19,22). The summed E-state index contributed by atoms with van der Waals surface area (Å²) in [6, 6.07) is 10.8. The number of fused-ring (bicyclic) bond motifs is 4. The predicted octanol–water partition coefficient (Wildman–Crippen LogP) is 2.16. The molecule has 0 spiro atoms. The molecule has 0 aliphatic carbocycles. The van der Waals surface area contributed by atoms with E-state index in [0.717, 1.165) is 17.8 Å². The van der Waals surface area contributed by atoms with Gasteiger partial charge in [0.15, 0.2) is 0 Å². The van der Waals surface area contributed by atoms with Gasteiger partial charge in [-0.3, -0.25) is 4.79 Å². The topological polar surface area (TPSA) is 37.3 Å². The number of carbonyl (C=O) groups excluding carboxylic acids is 1. The van der Waals surface area contributed by atoms with E-state index in [4.69, 9.17) is 0 Å². The fraction of sp³-hybridized carbons (Fsp3) is 0.500. The van der Waals surface area contributed by atoms with Crippen LogP contribution in [0.2, 0.25) is 0 Å². The molecule has 3 aliphatic heterocycles. The molecule has 1 aromatic carbocycles. The predicted molar refractivity (Wildman–Crippen MR) is 87.8 cm³/mol. The Bertz CT molecular complexity index is 697. The Morgan fingerprint density at radius 3 is 2.77 bits per heavy atom. The van der Waals surface area contributed by atoms with E-state index in [1.807, 2.05) is 12.1 Å². The van der Waals surface area contributed by atoms with E-state index in [9.17, 15) is 4.79 Å². The number of piperidine rings is 3. The maximum atomic E-state index is 12.5. The Balaban J connectivity index is 1.48. The molecule has 2 bridgehead atoms. The van der Waals surface area contributed by atoms with E-state index < -0.39 is 0 Å². The van der Waals surface area contributed by atoms with Gasteiger partial charge in [-0.25, -0.2) is 0 Å². The number of aromatic nitrogens is 1. The summed E-state index contributed by atoms with van der Waals surface area (Å²) >= 11 is 0. The fourth-order valence-electron chi connectivity index (χ4n) is 4.08. The summed E-state index contributed by atoms with van der Waals surface area (Å²) in [6.07, 6.45) is 2.47. The third kappa shape index (κ3) is 2.41. The highest BCUT2D eigenvalue weighted by Crippen LogP contribution is 2.27. The summed E-state index contributed by atoms with van der Waals surface area (Å²) in [4.78, 5) is 15.0. The number of nitrogens with zero attached hydrogens (tertiary/aromatic N) is 2. The average Bonchev–Trinajstić information content (AvgIpc) is 2.84. The van der Waals surface area contributed by atoms with Crippen molar-refractivity contribution < 1.29 is 4.79 Å². The molecule has 4 heteroatoms. The number of nitrogens with one attached hydrogen (secondary N) is 1. The molecule has 5 rings (SSSR count). The monoisotopic (exact) mass is 297 g/mol. The molecular weight excluding hydrogens is 274 g/mol. The number of hydrogen-bond donors (Lipinski definition) is 1. The minimum Gasteiger partial charge on any atom is -0.350 e. The lowest BCUT2D eigenvalue weighted by molar-refractivity contribution is -0.123. The summed E-state index contributed by atoms with van der Waals surface area (Å²) in [5.74, 6) is 0.819. The Hall–Kier alpha value is -1.81. The van der Waals surface area contributed by atoms with E-state index >= 15 is 0 Å². The second kappa shape index (κ2) is 5.43. The normalized spacial score (nSPS) is 27.2. The number of hydrogen-bond acceptors (Lipinski definition) is 2. The first kappa shape index (κ1) is 13.8. The van der Waals surface area contributed by atoms with Crippen LogP contribution in [0, 0.1) is 12.8 Å². The SMILES string of the molecule is Cc1cc2ccccc2n1CC(=O)NC1CN2CCC1CC2. The van der Waals surface area contributed by atoms with Gasteiger partial charge in [-0.2, -0.15) is 0 Å². The van der Waals surface area contributed by atoms with Gasteiger partial charge in [0.05, 0.1) is 0 Å². The minimum atomic E-state index is 0.142. The molecule has 1 atom stereocenters. The molecule has 2 aromatic rings. The van der Waals surface area contributed by atoms with Gasteiger partial charge in [-0.05, 0) is 56.3 Å².